The van der Waals surface area contributed by atoms with E-state index in [1.807, 2.05) is 0 Å². The standard InChI is InChI=1S/C41H58O3/c1-4-5-6-7-8-9-10-11-12-13-14-15-16-17-18-19-20-21-22-34(39(43)44)32-27-29-40(2)33(31-32)23-24-35-36-25-26-38(42)41(36,3)30-28-37(35)40/h5-6,8-9,11-12,14-15,17-18,20-21,23,32,34-37H,4,7,10,13,16,19,22,24-31H2,1-3H3,(H,43,44)/b6-5-,9-8-,12-11-,15-14-,18-17-,21-20-/t32?,34?,35-,36-,37-,40-,41-/m0/s1. The van der Waals surface area contributed by atoms with Gasteiger partial charge in [0.15, 0.2) is 0 Å². The van der Waals surface area contributed by atoms with Crippen LogP contribution in [0.1, 0.15) is 117 Å². The highest BCUT2D eigenvalue weighted by molar-refractivity contribution is 5.87. The van der Waals surface area contributed by atoms with Crippen LogP contribution in [0.3, 0.4) is 0 Å². The number of fused-ring (bicyclic) bond motifs is 5. The molecule has 0 saturated heterocycles. The third-order valence-corrected chi connectivity index (χ3v) is 11.7. The van der Waals surface area contributed by atoms with Crippen LogP contribution in [0.2, 0.25) is 0 Å². The van der Waals surface area contributed by atoms with Crippen LogP contribution in [-0.2, 0) is 9.59 Å². The summed E-state index contributed by atoms with van der Waals surface area (Å²) in [5, 5.41) is 10.2. The van der Waals surface area contributed by atoms with Gasteiger partial charge >= 0.3 is 5.97 Å². The van der Waals surface area contributed by atoms with Crippen LogP contribution in [0.5, 0.6) is 0 Å². The average molecular weight is 599 g/mol. The molecule has 0 radical (unpaired) electrons. The molecule has 0 aromatic rings. The van der Waals surface area contributed by atoms with Crippen molar-refractivity contribution in [2.45, 2.75) is 117 Å². The van der Waals surface area contributed by atoms with Crippen LogP contribution in [-0.4, -0.2) is 16.9 Å². The fourth-order valence-corrected chi connectivity index (χ4v) is 9.06. The Morgan fingerprint density at radius 3 is 1.89 bits per heavy atom. The largest absolute Gasteiger partial charge is 0.481 e. The molecule has 4 aliphatic carbocycles. The molecule has 0 aromatic heterocycles. The maximum Gasteiger partial charge on any atom is 0.307 e. The Morgan fingerprint density at radius 1 is 0.795 bits per heavy atom. The molecule has 240 valence electrons. The fourth-order valence-electron chi connectivity index (χ4n) is 9.06. The second-order valence-electron chi connectivity index (χ2n) is 14.3. The highest BCUT2D eigenvalue weighted by Crippen LogP contribution is 2.64. The number of carbonyl (C=O) groups is 2. The second-order valence-corrected chi connectivity index (χ2v) is 14.3. The van der Waals surface area contributed by atoms with E-state index >= 15 is 0 Å². The summed E-state index contributed by atoms with van der Waals surface area (Å²) in [6, 6.07) is 0. The van der Waals surface area contributed by atoms with Gasteiger partial charge in [0.25, 0.3) is 0 Å². The zero-order valence-corrected chi connectivity index (χ0v) is 27.8. The summed E-state index contributed by atoms with van der Waals surface area (Å²) >= 11 is 0. The SMILES string of the molecule is CC/C=C\C/C=C\C/C=C\C/C=C\C/C=C\C/C=C\CC(C(=O)O)C1CC[C@@]2(C)C(=CC[C@@H]3[C@@H]2CC[C@]2(C)C(=O)CC[C@@H]32)C1. The number of hydrogen-bond acceptors (Lipinski definition) is 2. The van der Waals surface area contributed by atoms with E-state index in [2.05, 4.69) is 99.8 Å². The minimum absolute atomic E-state index is 0.0898. The Hall–Kier alpha value is -2.68. The number of carboxylic acids is 1. The topological polar surface area (TPSA) is 54.4 Å². The monoisotopic (exact) mass is 598 g/mol. The lowest BCUT2D eigenvalue weighted by Crippen LogP contribution is -2.50. The first-order valence-corrected chi connectivity index (χ1v) is 17.7. The second kappa shape index (κ2) is 16.6. The fraction of sp³-hybridized carbons (Fsp3) is 0.610. The summed E-state index contributed by atoms with van der Waals surface area (Å²) in [4.78, 5) is 25.1. The molecule has 7 atom stereocenters. The molecule has 0 aromatic carbocycles. The number of allylic oxidation sites excluding steroid dienone is 14. The number of aliphatic carboxylic acids is 1. The number of ketones is 1. The van der Waals surface area contributed by atoms with Gasteiger partial charge in [-0.3, -0.25) is 9.59 Å². The minimum atomic E-state index is -0.648. The van der Waals surface area contributed by atoms with E-state index < -0.39 is 5.97 Å². The van der Waals surface area contributed by atoms with Gasteiger partial charge in [-0.05, 0) is 119 Å². The summed E-state index contributed by atoms with van der Waals surface area (Å²) in [7, 11) is 0. The van der Waals surface area contributed by atoms with Crippen LogP contribution < -0.4 is 0 Å². The Morgan fingerprint density at radius 2 is 1.32 bits per heavy atom. The zero-order valence-electron chi connectivity index (χ0n) is 27.8. The Labute approximate surface area is 268 Å². The summed E-state index contributed by atoms with van der Waals surface area (Å²) < 4.78 is 0. The summed E-state index contributed by atoms with van der Waals surface area (Å²) in [6.45, 7) is 6.86. The third kappa shape index (κ3) is 8.32. The Bertz CT molecular complexity index is 1180. The first-order chi connectivity index (χ1) is 21.3. The van der Waals surface area contributed by atoms with Gasteiger partial charge in [0.1, 0.15) is 5.78 Å². The average Bonchev–Trinajstić information content (AvgIpc) is 3.32. The van der Waals surface area contributed by atoms with Gasteiger partial charge in [0, 0.05) is 11.8 Å². The maximum atomic E-state index is 12.7. The molecule has 44 heavy (non-hydrogen) atoms. The van der Waals surface area contributed by atoms with E-state index in [-0.39, 0.29) is 22.7 Å². The molecule has 0 heterocycles. The van der Waals surface area contributed by atoms with Crippen molar-refractivity contribution in [1.82, 2.24) is 0 Å². The molecule has 3 fully saturated rings. The van der Waals surface area contributed by atoms with E-state index in [1.165, 1.54) is 5.57 Å². The van der Waals surface area contributed by atoms with E-state index in [9.17, 15) is 14.7 Å². The van der Waals surface area contributed by atoms with Gasteiger partial charge in [-0.15, -0.1) is 0 Å². The third-order valence-electron chi connectivity index (χ3n) is 11.7. The van der Waals surface area contributed by atoms with Crippen LogP contribution in [0.15, 0.2) is 84.6 Å². The number of rotatable bonds is 15. The predicted molar refractivity (Wildman–Crippen MR) is 184 cm³/mol. The molecule has 4 rings (SSSR count). The summed E-state index contributed by atoms with van der Waals surface area (Å²) in [6.07, 6.45) is 43.4. The molecule has 1 N–H and O–H groups in total. The van der Waals surface area contributed by atoms with Gasteiger partial charge in [0.2, 0.25) is 0 Å². The predicted octanol–water partition coefficient (Wildman–Crippen LogP) is 10.9. The highest BCUT2D eigenvalue weighted by Gasteiger charge is 2.58. The van der Waals surface area contributed by atoms with Crippen molar-refractivity contribution in [2.24, 2.45) is 40.4 Å². The van der Waals surface area contributed by atoms with Crippen LogP contribution in [0.4, 0.5) is 0 Å². The lowest BCUT2D eigenvalue weighted by atomic mass is 9.47. The van der Waals surface area contributed by atoms with Gasteiger partial charge < -0.3 is 5.11 Å². The van der Waals surface area contributed by atoms with Crippen molar-refractivity contribution in [3.05, 3.63) is 84.6 Å². The van der Waals surface area contributed by atoms with E-state index in [0.29, 0.717) is 30.0 Å². The molecular weight excluding hydrogens is 540 g/mol. The Balaban J connectivity index is 1.18. The molecule has 2 unspecified atom stereocenters. The smallest absolute Gasteiger partial charge is 0.307 e. The first kappa shape index (κ1) is 34.2. The summed E-state index contributed by atoms with van der Waals surface area (Å²) in [5.74, 6) is 1.57. The lowest BCUT2D eigenvalue weighted by molar-refractivity contribution is -0.144. The van der Waals surface area contributed by atoms with Crippen LogP contribution in [0, 0.1) is 40.4 Å². The summed E-state index contributed by atoms with van der Waals surface area (Å²) in [5.41, 5.74) is 1.62. The molecule has 3 heteroatoms. The molecule has 0 spiro atoms. The van der Waals surface area contributed by atoms with Crippen molar-refractivity contribution in [3.63, 3.8) is 0 Å². The maximum absolute atomic E-state index is 12.7. The number of carbonyl (C=O) groups excluding carboxylic acids is 1. The van der Waals surface area contributed by atoms with Crippen molar-refractivity contribution >= 4 is 11.8 Å². The molecule has 3 saturated carbocycles. The highest BCUT2D eigenvalue weighted by atomic mass is 16.4. The molecule has 0 bridgehead atoms. The molecule has 0 aliphatic heterocycles. The van der Waals surface area contributed by atoms with E-state index in [1.54, 1.807) is 0 Å². The van der Waals surface area contributed by atoms with Gasteiger partial charge in [-0.2, -0.15) is 0 Å². The van der Waals surface area contributed by atoms with Crippen molar-refractivity contribution in [3.8, 4) is 0 Å². The van der Waals surface area contributed by atoms with Gasteiger partial charge in [-0.1, -0.05) is 105 Å². The minimum Gasteiger partial charge on any atom is -0.481 e. The van der Waals surface area contributed by atoms with Gasteiger partial charge in [0.05, 0.1) is 5.92 Å². The number of carboxylic acid groups (broad SMARTS) is 1. The van der Waals surface area contributed by atoms with E-state index in [4.69, 9.17) is 0 Å². The quantitative estimate of drug-likeness (QED) is 0.191. The van der Waals surface area contributed by atoms with Crippen LogP contribution >= 0.6 is 0 Å². The van der Waals surface area contributed by atoms with E-state index in [0.717, 1.165) is 89.9 Å². The first-order valence-electron chi connectivity index (χ1n) is 17.7. The molecule has 0 amide bonds. The lowest BCUT2D eigenvalue weighted by Gasteiger charge is -2.57. The van der Waals surface area contributed by atoms with Crippen molar-refractivity contribution in [1.29, 1.82) is 0 Å². The molecular formula is C41H58O3. The van der Waals surface area contributed by atoms with Crippen molar-refractivity contribution < 1.29 is 14.7 Å². The zero-order chi connectivity index (χ0) is 31.4. The van der Waals surface area contributed by atoms with Gasteiger partial charge in [-0.25, -0.2) is 0 Å². The molecule has 3 nitrogen and oxygen atoms in total. The Kier molecular flexibility index (Phi) is 12.9. The van der Waals surface area contributed by atoms with Crippen molar-refractivity contribution in [2.75, 3.05) is 0 Å². The van der Waals surface area contributed by atoms with Crippen LogP contribution in [0.25, 0.3) is 0 Å². The number of Topliss-reactive ketones (excluding diaryl/α,β-unsaturated/α-hetero) is 1. The number of hydrogen-bond donors (Lipinski definition) is 1. The molecule has 4 aliphatic rings. The normalized spacial score (nSPS) is 33.2.